The van der Waals surface area contributed by atoms with Gasteiger partial charge in [-0.05, 0) is 69.4 Å². The number of esters is 2. The Labute approximate surface area is 237 Å². The molecule has 0 aromatic heterocycles. The fourth-order valence-corrected chi connectivity index (χ4v) is 6.01. The van der Waals surface area contributed by atoms with E-state index in [0.29, 0.717) is 0 Å². The second kappa shape index (κ2) is 13.9. The quantitative estimate of drug-likeness (QED) is 0.180. The van der Waals surface area contributed by atoms with Gasteiger partial charge in [-0.1, -0.05) is 56.2 Å². The Morgan fingerprint density at radius 3 is 1.62 bits per heavy atom. The lowest BCUT2D eigenvalue weighted by Crippen LogP contribution is -2.22. The van der Waals surface area contributed by atoms with Crippen molar-refractivity contribution in [2.45, 2.75) is 103 Å². The molecule has 3 aromatic carbocycles. The Balaban J connectivity index is 1.33. The average Bonchev–Trinajstić information content (AvgIpc) is 2.98. The summed E-state index contributed by atoms with van der Waals surface area (Å²) in [5.41, 5.74) is 1.19. The van der Waals surface area contributed by atoms with Crippen LogP contribution in [-0.2, 0) is 25.5 Å². The van der Waals surface area contributed by atoms with E-state index in [1.807, 2.05) is 24.3 Å². The highest BCUT2D eigenvalue weighted by Crippen LogP contribution is 2.43. The van der Waals surface area contributed by atoms with Crippen LogP contribution in [0.1, 0.15) is 89.5 Å². The summed E-state index contributed by atoms with van der Waals surface area (Å²) in [5.74, 6) is 1.09. The van der Waals surface area contributed by atoms with Gasteiger partial charge in [-0.15, -0.1) is 0 Å². The van der Waals surface area contributed by atoms with Crippen molar-refractivity contribution in [3.05, 3.63) is 48.0 Å². The first-order valence-corrected chi connectivity index (χ1v) is 15.2. The van der Waals surface area contributed by atoms with Gasteiger partial charge >= 0.3 is 11.9 Å². The molecule has 0 radical (unpaired) electrons. The summed E-state index contributed by atoms with van der Waals surface area (Å²) in [7, 11) is 0. The van der Waals surface area contributed by atoms with Crippen molar-refractivity contribution in [1.29, 1.82) is 0 Å². The minimum atomic E-state index is -0.200. The normalized spacial score (nSPS) is 16.6. The predicted octanol–water partition coefficient (Wildman–Crippen LogP) is 7.85. The maximum atomic E-state index is 12.5. The summed E-state index contributed by atoms with van der Waals surface area (Å²) >= 11 is 0. The Hall–Kier alpha value is -3.28. The van der Waals surface area contributed by atoms with Crippen molar-refractivity contribution in [2.75, 3.05) is 13.2 Å². The first kappa shape index (κ1) is 28.3. The summed E-state index contributed by atoms with van der Waals surface area (Å²) in [6.45, 7) is 2.61. The standard InChI is InChI=1S/C34H42O6/c1-2-24-17-18-29-30(23-24)34(38-22-20-32(36)40-26-13-7-4-8-14-26)28-16-10-9-15-27(28)33(29)37-21-19-31(35)39-25-11-5-3-6-12-25/h9-10,15-18,23,25-26H,2-8,11-14,19-22H2,1H3. The summed E-state index contributed by atoms with van der Waals surface area (Å²) in [5, 5.41) is 3.71. The summed E-state index contributed by atoms with van der Waals surface area (Å²) < 4.78 is 24.0. The van der Waals surface area contributed by atoms with Gasteiger partial charge in [0, 0.05) is 21.5 Å². The maximum absolute atomic E-state index is 12.5. The first-order chi connectivity index (χ1) is 19.6. The van der Waals surface area contributed by atoms with Crippen LogP contribution in [0, 0.1) is 0 Å². The Morgan fingerprint density at radius 2 is 1.12 bits per heavy atom. The Bertz CT molecular complexity index is 1300. The molecule has 0 atom stereocenters. The Kier molecular flexibility index (Phi) is 9.80. The zero-order valence-corrected chi connectivity index (χ0v) is 23.8. The van der Waals surface area contributed by atoms with Crippen LogP contribution in [0.15, 0.2) is 42.5 Å². The molecule has 0 heterocycles. The summed E-state index contributed by atoms with van der Waals surface area (Å²) in [6, 6.07) is 14.3. The number of carbonyl (C=O) groups excluding carboxylic acids is 2. The van der Waals surface area contributed by atoms with Crippen molar-refractivity contribution in [2.24, 2.45) is 0 Å². The summed E-state index contributed by atoms with van der Waals surface area (Å²) in [4.78, 5) is 25.0. The van der Waals surface area contributed by atoms with E-state index in [2.05, 4.69) is 25.1 Å². The minimum Gasteiger partial charge on any atom is -0.492 e. The van der Waals surface area contributed by atoms with Crippen molar-refractivity contribution in [3.63, 3.8) is 0 Å². The number of rotatable bonds is 11. The van der Waals surface area contributed by atoms with Crippen LogP contribution in [0.25, 0.3) is 21.5 Å². The molecule has 2 saturated carbocycles. The van der Waals surface area contributed by atoms with E-state index >= 15 is 0 Å². The van der Waals surface area contributed by atoms with Gasteiger partial charge in [-0.25, -0.2) is 0 Å². The Morgan fingerprint density at radius 1 is 0.650 bits per heavy atom. The first-order valence-electron chi connectivity index (χ1n) is 15.2. The van der Waals surface area contributed by atoms with E-state index in [0.717, 1.165) is 90.8 Å². The number of hydrogen-bond donors (Lipinski definition) is 0. The molecule has 214 valence electrons. The largest absolute Gasteiger partial charge is 0.492 e. The molecule has 3 aromatic rings. The van der Waals surface area contributed by atoms with E-state index in [1.54, 1.807) is 0 Å². The number of ether oxygens (including phenoxy) is 4. The van der Waals surface area contributed by atoms with E-state index in [9.17, 15) is 9.59 Å². The lowest BCUT2D eigenvalue weighted by atomic mass is 9.98. The predicted molar refractivity (Wildman–Crippen MR) is 157 cm³/mol. The maximum Gasteiger partial charge on any atom is 0.309 e. The monoisotopic (exact) mass is 546 g/mol. The highest BCUT2D eigenvalue weighted by molar-refractivity contribution is 6.11. The fourth-order valence-electron chi connectivity index (χ4n) is 6.01. The van der Waals surface area contributed by atoms with Crippen molar-refractivity contribution >= 4 is 33.5 Å². The van der Waals surface area contributed by atoms with Crippen LogP contribution in [0.5, 0.6) is 11.5 Å². The van der Waals surface area contributed by atoms with Crippen molar-refractivity contribution in [3.8, 4) is 11.5 Å². The number of benzene rings is 3. The molecule has 40 heavy (non-hydrogen) atoms. The molecule has 0 saturated heterocycles. The van der Waals surface area contributed by atoms with Gasteiger partial charge in [-0.3, -0.25) is 9.59 Å². The van der Waals surface area contributed by atoms with Gasteiger partial charge in [0.25, 0.3) is 0 Å². The van der Waals surface area contributed by atoms with E-state index in [-0.39, 0.29) is 50.2 Å². The highest BCUT2D eigenvalue weighted by atomic mass is 16.6. The second-order valence-electron chi connectivity index (χ2n) is 11.1. The number of aryl methyl sites for hydroxylation is 1. The SMILES string of the molecule is CCc1ccc2c(OCCC(=O)OC3CCCCC3)c3ccccc3c(OCCC(=O)OC3CCCCC3)c2c1. The fraction of sp³-hybridized carbons (Fsp3) is 0.529. The summed E-state index contributed by atoms with van der Waals surface area (Å²) in [6.07, 6.45) is 12.2. The van der Waals surface area contributed by atoms with Gasteiger partial charge < -0.3 is 18.9 Å². The molecule has 0 spiro atoms. The molecular weight excluding hydrogens is 504 g/mol. The second-order valence-corrected chi connectivity index (χ2v) is 11.1. The topological polar surface area (TPSA) is 71.1 Å². The van der Waals surface area contributed by atoms with Crippen molar-refractivity contribution in [1.82, 2.24) is 0 Å². The molecule has 5 rings (SSSR count). The molecule has 0 aliphatic heterocycles. The van der Waals surface area contributed by atoms with Crippen LogP contribution in [0.3, 0.4) is 0 Å². The van der Waals surface area contributed by atoms with E-state index in [1.165, 1.54) is 18.4 Å². The van der Waals surface area contributed by atoms with E-state index in [4.69, 9.17) is 18.9 Å². The third-order valence-electron chi connectivity index (χ3n) is 8.20. The number of hydrogen-bond acceptors (Lipinski definition) is 6. The van der Waals surface area contributed by atoms with Crippen molar-refractivity contribution < 1.29 is 28.5 Å². The lowest BCUT2D eigenvalue weighted by molar-refractivity contribution is -0.152. The van der Waals surface area contributed by atoms with Crippen LogP contribution >= 0.6 is 0 Å². The third-order valence-corrected chi connectivity index (χ3v) is 8.20. The zero-order valence-electron chi connectivity index (χ0n) is 23.8. The van der Waals surface area contributed by atoms with Crippen LogP contribution < -0.4 is 9.47 Å². The molecule has 2 aliphatic rings. The van der Waals surface area contributed by atoms with Crippen LogP contribution in [0.4, 0.5) is 0 Å². The number of fused-ring (bicyclic) bond motifs is 2. The molecule has 0 unspecified atom stereocenters. The molecule has 0 amide bonds. The molecule has 2 fully saturated rings. The van der Waals surface area contributed by atoms with Crippen LogP contribution in [0.2, 0.25) is 0 Å². The van der Waals surface area contributed by atoms with Gasteiger partial charge in [0.15, 0.2) is 0 Å². The van der Waals surface area contributed by atoms with Gasteiger partial charge in [0.2, 0.25) is 0 Å². The zero-order chi connectivity index (χ0) is 27.7. The smallest absolute Gasteiger partial charge is 0.309 e. The number of carbonyl (C=O) groups is 2. The third kappa shape index (κ3) is 7.07. The molecule has 0 bridgehead atoms. The average molecular weight is 547 g/mol. The van der Waals surface area contributed by atoms with Gasteiger partial charge in [0.1, 0.15) is 23.7 Å². The molecule has 6 heteroatoms. The van der Waals surface area contributed by atoms with Crippen LogP contribution in [-0.4, -0.2) is 37.4 Å². The highest BCUT2D eigenvalue weighted by Gasteiger charge is 2.21. The molecule has 2 aliphatic carbocycles. The van der Waals surface area contributed by atoms with Gasteiger partial charge in [-0.2, -0.15) is 0 Å². The van der Waals surface area contributed by atoms with E-state index < -0.39 is 0 Å². The lowest BCUT2D eigenvalue weighted by Gasteiger charge is -2.22. The van der Waals surface area contributed by atoms with Gasteiger partial charge in [0.05, 0.1) is 26.1 Å². The minimum absolute atomic E-state index is 0.0476. The molecular formula is C34H42O6. The molecule has 6 nitrogen and oxygen atoms in total. The molecule has 0 N–H and O–H groups in total.